The highest BCUT2D eigenvalue weighted by Gasteiger charge is 2.27. The molecule has 25 heavy (non-hydrogen) atoms. The van der Waals surface area contributed by atoms with Crippen molar-refractivity contribution < 1.29 is 17.5 Å². The van der Waals surface area contributed by atoms with Gasteiger partial charge in [0.15, 0.2) is 0 Å². The summed E-state index contributed by atoms with van der Waals surface area (Å²) in [5.41, 5.74) is 0.396. The molecule has 1 heterocycles. The van der Waals surface area contributed by atoms with Crippen molar-refractivity contribution in [3.63, 3.8) is 0 Å². The molecule has 1 aliphatic carbocycles. The molecule has 2 aromatic rings. The predicted molar refractivity (Wildman–Crippen MR) is 90.2 cm³/mol. The van der Waals surface area contributed by atoms with E-state index >= 15 is 0 Å². The van der Waals surface area contributed by atoms with Gasteiger partial charge in [0.1, 0.15) is 11.9 Å². The molecule has 0 atom stereocenters. The minimum Gasteiger partial charge on any atom is -0.473 e. The summed E-state index contributed by atoms with van der Waals surface area (Å²) in [6.07, 6.45) is 7.51. The lowest BCUT2D eigenvalue weighted by atomic mass is 9.94. The molecule has 8 heteroatoms. The molecule has 0 aliphatic heterocycles. The van der Waals surface area contributed by atoms with Crippen LogP contribution in [0.25, 0.3) is 0 Å². The molecule has 1 N–H and O–H groups in total. The summed E-state index contributed by atoms with van der Waals surface area (Å²) < 4.78 is 46.7. The van der Waals surface area contributed by atoms with Gasteiger partial charge in [-0.05, 0) is 56.4 Å². The monoisotopic (exact) mass is 365 g/mol. The van der Waals surface area contributed by atoms with Gasteiger partial charge in [0, 0.05) is 18.4 Å². The molecule has 1 aromatic carbocycles. The summed E-state index contributed by atoms with van der Waals surface area (Å²) in [6.45, 7) is 1.59. The van der Waals surface area contributed by atoms with Gasteiger partial charge in [0.2, 0.25) is 15.9 Å². The van der Waals surface area contributed by atoms with E-state index in [2.05, 4.69) is 14.7 Å². The highest BCUT2D eigenvalue weighted by atomic mass is 32.2. The number of halogens is 1. The van der Waals surface area contributed by atoms with Crippen LogP contribution in [0.2, 0.25) is 0 Å². The maximum absolute atomic E-state index is 13.2. The fourth-order valence-corrected chi connectivity index (χ4v) is 4.54. The fourth-order valence-electron chi connectivity index (χ4n) is 3.01. The quantitative estimate of drug-likeness (QED) is 0.881. The lowest BCUT2D eigenvalue weighted by Gasteiger charge is -2.29. The number of hydrogen-bond donors (Lipinski definition) is 1. The molecule has 0 saturated heterocycles. The Morgan fingerprint density at radius 3 is 2.60 bits per heavy atom. The number of ether oxygens (including phenoxy) is 1. The molecule has 0 unspecified atom stereocenters. The van der Waals surface area contributed by atoms with Crippen LogP contribution in [0.4, 0.5) is 4.39 Å². The molecule has 1 aliphatic rings. The zero-order valence-corrected chi connectivity index (χ0v) is 14.7. The smallest absolute Gasteiger partial charge is 0.241 e. The molecule has 0 radical (unpaired) electrons. The van der Waals surface area contributed by atoms with Crippen molar-refractivity contribution in [1.82, 2.24) is 14.7 Å². The normalized spacial score (nSPS) is 21.0. The van der Waals surface area contributed by atoms with E-state index in [9.17, 15) is 12.8 Å². The highest BCUT2D eigenvalue weighted by Crippen LogP contribution is 2.24. The Hall–Kier alpha value is -2.06. The van der Waals surface area contributed by atoms with Gasteiger partial charge in [0.05, 0.1) is 11.1 Å². The van der Waals surface area contributed by atoms with Crippen LogP contribution in [0.15, 0.2) is 41.7 Å². The molecule has 134 valence electrons. The van der Waals surface area contributed by atoms with Crippen LogP contribution >= 0.6 is 0 Å². The number of aromatic nitrogens is 2. The molecule has 3 rings (SSSR count). The summed E-state index contributed by atoms with van der Waals surface area (Å²) in [6, 6.07) is 3.53. The van der Waals surface area contributed by atoms with Gasteiger partial charge in [-0.15, -0.1) is 0 Å². The Morgan fingerprint density at radius 2 is 1.96 bits per heavy atom. The summed E-state index contributed by atoms with van der Waals surface area (Å²) in [5.74, 6) is 0.0339. The van der Waals surface area contributed by atoms with Gasteiger partial charge in [-0.25, -0.2) is 22.5 Å². The first kappa shape index (κ1) is 17.8. The molecule has 1 fully saturated rings. The summed E-state index contributed by atoms with van der Waals surface area (Å²) >= 11 is 0. The maximum atomic E-state index is 13.2. The Morgan fingerprint density at radius 1 is 1.20 bits per heavy atom. The van der Waals surface area contributed by atoms with Gasteiger partial charge >= 0.3 is 0 Å². The van der Waals surface area contributed by atoms with E-state index in [-0.39, 0.29) is 17.0 Å². The zero-order chi connectivity index (χ0) is 17.9. The number of sulfonamides is 1. The highest BCUT2D eigenvalue weighted by molar-refractivity contribution is 7.89. The molecule has 1 saturated carbocycles. The first-order valence-corrected chi connectivity index (χ1v) is 9.63. The van der Waals surface area contributed by atoms with Crippen LogP contribution in [0.5, 0.6) is 5.88 Å². The summed E-state index contributed by atoms with van der Waals surface area (Å²) in [4.78, 5) is 8.15. The first-order chi connectivity index (χ1) is 11.9. The Labute approximate surface area is 146 Å². The van der Waals surface area contributed by atoms with E-state index in [4.69, 9.17) is 4.74 Å². The molecular weight excluding hydrogens is 345 g/mol. The Kier molecular flexibility index (Phi) is 5.29. The predicted octanol–water partition coefficient (Wildman–Crippen LogP) is 2.59. The van der Waals surface area contributed by atoms with Crippen LogP contribution in [0.1, 0.15) is 31.2 Å². The lowest BCUT2D eigenvalue weighted by molar-refractivity contribution is 0.138. The van der Waals surface area contributed by atoms with Crippen molar-refractivity contribution in [3.05, 3.63) is 48.2 Å². The van der Waals surface area contributed by atoms with E-state index in [0.29, 0.717) is 24.3 Å². The topological polar surface area (TPSA) is 81.2 Å². The van der Waals surface area contributed by atoms with Gasteiger partial charge in [-0.1, -0.05) is 0 Å². The molecule has 1 aromatic heterocycles. The first-order valence-electron chi connectivity index (χ1n) is 8.15. The number of nitrogens with zero attached hydrogens (tertiary/aromatic N) is 2. The van der Waals surface area contributed by atoms with E-state index in [1.165, 1.54) is 12.1 Å². The fraction of sp³-hybridized carbons (Fsp3) is 0.412. The second kappa shape index (κ2) is 7.45. The van der Waals surface area contributed by atoms with Crippen molar-refractivity contribution in [2.24, 2.45) is 0 Å². The standard InChI is InChI=1S/C17H20FN3O3S/c1-12-10-13(18)2-7-16(12)25(22,23)21-14-3-5-15(6-4-14)24-17-11-19-8-9-20-17/h2,7-11,14-15,21H,3-6H2,1H3. The summed E-state index contributed by atoms with van der Waals surface area (Å²) in [5, 5.41) is 0. The Bertz CT molecular complexity index is 822. The molecule has 0 amide bonds. The molecule has 6 nitrogen and oxygen atoms in total. The number of nitrogens with one attached hydrogen (secondary N) is 1. The minimum absolute atomic E-state index is 0.00464. The number of benzene rings is 1. The second-order valence-corrected chi connectivity index (χ2v) is 7.85. The van der Waals surface area contributed by atoms with Crippen LogP contribution in [-0.2, 0) is 10.0 Å². The van der Waals surface area contributed by atoms with Crippen LogP contribution in [0.3, 0.4) is 0 Å². The second-order valence-electron chi connectivity index (χ2n) is 6.17. The van der Waals surface area contributed by atoms with Crippen molar-refractivity contribution >= 4 is 10.0 Å². The van der Waals surface area contributed by atoms with E-state index in [1.54, 1.807) is 25.5 Å². The van der Waals surface area contributed by atoms with Crippen LogP contribution in [-0.4, -0.2) is 30.5 Å². The van der Waals surface area contributed by atoms with Gasteiger partial charge in [-0.3, -0.25) is 4.98 Å². The summed E-state index contributed by atoms with van der Waals surface area (Å²) in [7, 11) is -3.66. The molecule has 0 spiro atoms. The van der Waals surface area contributed by atoms with Gasteiger partial charge in [0.25, 0.3) is 0 Å². The van der Waals surface area contributed by atoms with E-state index in [0.717, 1.165) is 18.9 Å². The van der Waals surface area contributed by atoms with Gasteiger partial charge in [-0.2, -0.15) is 0 Å². The third kappa shape index (κ3) is 4.52. The SMILES string of the molecule is Cc1cc(F)ccc1S(=O)(=O)NC1CCC(Oc2cnccn2)CC1. The number of rotatable bonds is 5. The van der Waals surface area contributed by atoms with Crippen molar-refractivity contribution in [2.45, 2.75) is 49.6 Å². The maximum Gasteiger partial charge on any atom is 0.241 e. The zero-order valence-electron chi connectivity index (χ0n) is 13.9. The van der Waals surface area contributed by atoms with Crippen molar-refractivity contribution in [3.8, 4) is 5.88 Å². The van der Waals surface area contributed by atoms with E-state index < -0.39 is 15.8 Å². The average Bonchev–Trinajstić information content (AvgIpc) is 2.57. The molecule has 0 bridgehead atoms. The Balaban J connectivity index is 1.58. The molecular formula is C17H20FN3O3S. The van der Waals surface area contributed by atoms with Crippen molar-refractivity contribution in [2.75, 3.05) is 0 Å². The minimum atomic E-state index is -3.66. The van der Waals surface area contributed by atoms with Gasteiger partial charge < -0.3 is 4.74 Å². The third-order valence-electron chi connectivity index (χ3n) is 4.25. The lowest BCUT2D eigenvalue weighted by Crippen LogP contribution is -2.39. The van der Waals surface area contributed by atoms with E-state index in [1.807, 2.05) is 0 Å². The van der Waals surface area contributed by atoms with Crippen LogP contribution in [0, 0.1) is 12.7 Å². The average molecular weight is 365 g/mol. The largest absolute Gasteiger partial charge is 0.473 e. The third-order valence-corrected chi connectivity index (χ3v) is 5.93. The number of hydrogen-bond acceptors (Lipinski definition) is 5. The number of aryl methyl sites for hydroxylation is 1. The van der Waals surface area contributed by atoms with Crippen LogP contribution < -0.4 is 9.46 Å². The van der Waals surface area contributed by atoms with Crippen molar-refractivity contribution in [1.29, 1.82) is 0 Å².